The third-order valence-corrected chi connectivity index (χ3v) is 5.03. The number of pyridine rings is 1. The van der Waals surface area contributed by atoms with Gasteiger partial charge in [-0.05, 0) is 74.4 Å². The fourth-order valence-electron chi connectivity index (χ4n) is 3.40. The van der Waals surface area contributed by atoms with Crippen LogP contribution in [0.25, 0.3) is 0 Å². The van der Waals surface area contributed by atoms with E-state index in [1.165, 1.54) is 17.2 Å². The summed E-state index contributed by atoms with van der Waals surface area (Å²) in [7, 11) is 0. The van der Waals surface area contributed by atoms with E-state index in [-0.39, 0.29) is 42.5 Å². The third kappa shape index (κ3) is 12.3. The second kappa shape index (κ2) is 14.2. The van der Waals surface area contributed by atoms with Crippen molar-refractivity contribution in [1.29, 1.82) is 0 Å². The van der Waals surface area contributed by atoms with Crippen molar-refractivity contribution in [2.75, 3.05) is 18.4 Å². The normalized spacial score (nSPS) is 11.7. The van der Waals surface area contributed by atoms with Gasteiger partial charge in [0.1, 0.15) is 28.4 Å². The second-order valence-corrected chi connectivity index (χ2v) is 12.6. The molecule has 1 aromatic heterocycles. The number of hydrogen-bond donors (Lipinski definition) is 2. The quantitative estimate of drug-likeness (QED) is 0.178. The largest absolute Gasteiger partial charge is 0.454 e. The number of carbonyl (C=O) groups excluding carboxylic acids is 3. The zero-order chi connectivity index (χ0) is 33.5. The first-order chi connectivity index (χ1) is 20.1. The number of halogens is 1. The van der Waals surface area contributed by atoms with Gasteiger partial charge in [-0.15, -0.1) is 0 Å². The molecule has 0 fully saturated rings. The van der Waals surface area contributed by atoms with Crippen molar-refractivity contribution < 1.29 is 42.6 Å². The molecule has 2 rings (SSSR count). The molecular weight excluding hydrogens is 581 g/mol. The molecule has 0 saturated heterocycles. The van der Waals surface area contributed by atoms with Crippen LogP contribution in [-0.4, -0.2) is 63.0 Å². The van der Waals surface area contributed by atoms with Crippen LogP contribution in [0.3, 0.4) is 0 Å². The summed E-state index contributed by atoms with van der Waals surface area (Å²) in [6.07, 6.45) is -1.06. The maximum absolute atomic E-state index is 14.8. The molecule has 0 aliphatic carbocycles. The first-order valence-corrected chi connectivity index (χ1v) is 13.7. The zero-order valence-corrected chi connectivity index (χ0v) is 26.4. The highest BCUT2D eigenvalue weighted by Gasteiger charge is 2.27. The number of nitrogens with zero attached hydrogens (tertiary/aromatic N) is 3. The molecule has 0 spiro atoms. The van der Waals surface area contributed by atoms with E-state index < -0.39 is 51.5 Å². The van der Waals surface area contributed by atoms with E-state index in [1.807, 2.05) is 0 Å². The number of carbonyl (C=O) groups is 3. The average Bonchev–Trinajstić information content (AvgIpc) is 2.82. The van der Waals surface area contributed by atoms with Crippen molar-refractivity contribution in [3.8, 4) is 11.5 Å². The number of nitro groups is 1. The Balaban J connectivity index is 2.51. The predicted octanol–water partition coefficient (Wildman–Crippen LogP) is 6.53. The average molecular weight is 622 g/mol. The Labute approximate surface area is 255 Å². The number of nitrogens with one attached hydrogen (secondary N) is 2. The van der Waals surface area contributed by atoms with E-state index in [0.29, 0.717) is 6.07 Å². The summed E-state index contributed by atoms with van der Waals surface area (Å²) >= 11 is 0. The summed E-state index contributed by atoms with van der Waals surface area (Å²) in [4.78, 5) is 53.9. The molecule has 0 unspecified atom stereocenters. The Bertz CT molecular complexity index is 1360. The highest BCUT2D eigenvalue weighted by Crippen LogP contribution is 2.33. The number of non-ortho nitro benzene ring substituents is 1. The number of benzene rings is 1. The van der Waals surface area contributed by atoms with Crippen molar-refractivity contribution in [2.45, 2.75) is 85.7 Å². The van der Waals surface area contributed by atoms with Crippen LogP contribution in [0.4, 0.5) is 30.3 Å². The van der Waals surface area contributed by atoms with Gasteiger partial charge in [-0.25, -0.2) is 23.8 Å². The smallest absolute Gasteiger partial charge is 0.413 e. The Morgan fingerprint density at radius 2 is 1.50 bits per heavy atom. The molecule has 0 saturated carbocycles. The molecule has 0 radical (unpaired) electrons. The van der Waals surface area contributed by atoms with Crippen molar-refractivity contribution in [3.05, 3.63) is 52.0 Å². The van der Waals surface area contributed by atoms with E-state index in [9.17, 15) is 28.9 Å². The minimum atomic E-state index is -1.02. The van der Waals surface area contributed by atoms with E-state index in [4.69, 9.17) is 18.9 Å². The van der Waals surface area contributed by atoms with Gasteiger partial charge in [0.25, 0.3) is 5.69 Å². The van der Waals surface area contributed by atoms with Crippen LogP contribution in [0.1, 0.15) is 67.9 Å². The molecular formula is C29H40FN5O9. The first kappa shape index (κ1) is 35.5. The Morgan fingerprint density at radius 1 is 0.909 bits per heavy atom. The van der Waals surface area contributed by atoms with Gasteiger partial charge < -0.3 is 29.2 Å². The molecule has 14 nitrogen and oxygen atoms in total. The molecule has 44 heavy (non-hydrogen) atoms. The van der Waals surface area contributed by atoms with Crippen molar-refractivity contribution in [3.63, 3.8) is 0 Å². The summed E-state index contributed by atoms with van der Waals surface area (Å²) < 4.78 is 36.7. The lowest BCUT2D eigenvalue weighted by molar-refractivity contribution is -0.385. The van der Waals surface area contributed by atoms with Crippen LogP contribution >= 0.6 is 0 Å². The standard InChI is InChI=1S/C29H40FN5O9/c1-27(2,3)42-24(36)32-14-15-34(26(38)44-29(7,8)9)17-19-21(41-22-11-10-18(35(39)40)16-20(22)30)12-13-31-23(19)33-25(37)43-28(4,5)6/h10-13,16H,14-15,17H2,1-9H3,(H,32,36)(H,31,33,37). The van der Waals surface area contributed by atoms with Gasteiger partial charge in [-0.2, -0.15) is 0 Å². The summed E-state index contributed by atoms with van der Waals surface area (Å²) in [5.41, 5.74) is -2.85. The number of ether oxygens (including phenoxy) is 4. The van der Waals surface area contributed by atoms with Crippen LogP contribution in [0.5, 0.6) is 11.5 Å². The van der Waals surface area contributed by atoms with Crippen molar-refractivity contribution in [1.82, 2.24) is 15.2 Å². The minimum Gasteiger partial charge on any atom is -0.454 e. The van der Waals surface area contributed by atoms with Gasteiger partial charge >= 0.3 is 18.3 Å². The summed E-state index contributed by atoms with van der Waals surface area (Å²) in [6.45, 7) is 14.7. The molecule has 3 amide bonds. The predicted molar refractivity (Wildman–Crippen MR) is 158 cm³/mol. The fourth-order valence-corrected chi connectivity index (χ4v) is 3.40. The molecule has 242 valence electrons. The number of hydrogen-bond acceptors (Lipinski definition) is 10. The molecule has 1 aromatic carbocycles. The van der Waals surface area contributed by atoms with Crippen molar-refractivity contribution in [2.24, 2.45) is 0 Å². The van der Waals surface area contributed by atoms with Gasteiger partial charge in [0.2, 0.25) is 0 Å². The van der Waals surface area contributed by atoms with Gasteiger partial charge in [0.15, 0.2) is 11.6 Å². The van der Waals surface area contributed by atoms with E-state index in [0.717, 1.165) is 12.1 Å². The van der Waals surface area contributed by atoms with E-state index in [2.05, 4.69) is 15.6 Å². The molecule has 2 N–H and O–H groups in total. The number of nitro benzene ring substituents is 1. The van der Waals surface area contributed by atoms with Crippen LogP contribution < -0.4 is 15.4 Å². The van der Waals surface area contributed by atoms with Crippen LogP contribution in [-0.2, 0) is 20.8 Å². The van der Waals surface area contributed by atoms with Crippen LogP contribution in [0.2, 0.25) is 0 Å². The number of anilines is 1. The number of amides is 3. The molecule has 15 heteroatoms. The summed E-state index contributed by atoms with van der Waals surface area (Å²) in [6, 6.07) is 4.21. The van der Waals surface area contributed by atoms with Gasteiger partial charge in [0, 0.05) is 25.4 Å². The minimum absolute atomic E-state index is 0.0347. The van der Waals surface area contributed by atoms with Crippen LogP contribution in [0, 0.1) is 15.9 Å². The Morgan fingerprint density at radius 3 is 2.05 bits per heavy atom. The fraction of sp³-hybridized carbons (Fsp3) is 0.517. The summed E-state index contributed by atoms with van der Waals surface area (Å²) in [5.74, 6) is -1.49. The molecule has 0 aliphatic heterocycles. The number of rotatable bonds is 9. The van der Waals surface area contributed by atoms with Gasteiger partial charge in [0.05, 0.1) is 23.1 Å². The highest BCUT2D eigenvalue weighted by atomic mass is 19.1. The molecule has 2 aromatic rings. The van der Waals surface area contributed by atoms with Gasteiger partial charge in [-0.1, -0.05) is 0 Å². The topological polar surface area (TPSA) is 171 Å². The Kier molecular flexibility index (Phi) is 11.4. The SMILES string of the molecule is CC(C)(C)OC(=O)NCCN(Cc1c(Oc2ccc([N+](=O)[O-])cc2F)ccnc1NC(=O)OC(C)(C)C)C(=O)OC(C)(C)C. The second-order valence-electron chi connectivity index (χ2n) is 12.6. The molecule has 1 heterocycles. The third-order valence-electron chi connectivity index (χ3n) is 5.03. The van der Waals surface area contributed by atoms with Crippen LogP contribution in [0.15, 0.2) is 30.5 Å². The van der Waals surface area contributed by atoms with E-state index in [1.54, 1.807) is 62.3 Å². The van der Waals surface area contributed by atoms with Gasteiger partial charge in [-0.3, -0.25) is 15.4 Å². The Hall–Kier alpha value is -4.69. The zero-order valence-electron chi connectivity index (χ0n) is 26.4. The van der Waals surface area contributed by atoms with E-state index >= 15 is 0 Å². The monoisotopic (exact) mass is 621 g/mol. The maximum Gasteiger partial charge on any atom is 0.413 e. The van der Waals surface area contributed by atoms with Crippen molar-refractivity contribution >= 4 is 29.8 Å². The number of alkyl carbamates (subject to hydrolysis) is 1. The lowest BCUT2D eigenvalue weighted by Gasteiger charge is -2.29. The summed E-state index contributed by atoms with van der Waals surface area (Å²) in [5, 5.41) is 16.1. The first-order valence-electron chi connectivity index (χ1n) is 13.7. The maximum atomic E-state index is 14.8. The highest BCUT2D eigenvalue weighted by molar-refractivity contribution is 5.85. The number of aromatic nitrogens is 1. The lowest BCUT2D eigenvalue weighted by Crippen LogP contribution is -2.42. The lowest BCUT2D eigenvalue weighted by atomic mass is 10.2. The molecule has 0 bridgehead atoms. The molecule has 0 atom stereocenters. The molecule has 0 aliphatic rings.